The highest BCUT2D eigenvalue weighted by Gasteiger charge is 2.37. The maximum Gasteiger partial charge on any atom is 0.305 e. The van der Waals surface area contributed by atoms with Gasteiger partial charge in [-0.15, -0.1) is 11.3 Å². The lowest BCUT2D eigenvalue weighted by molar-refractivity contribution is -0.138. The second kappa shape index (κ2) is 10.5. The second-order valence-electron chi connectivity index (χ2n) is 7.78. The quantitative estimate of drug-likeness (QED) is 0.320. The largest absolute Gasteiger partial charge is 0.496 e. The van der Waals surface area contributed by atoms with Crippen LogP contribution >= 0.6 is 33.9 Å². The van der Waals surface area contributed by atoms with Crippen molar-refractivity contribution in [3.8, 4) is 5.75 Å². The summed E-state index contributed by atoms with van der Waals surface area (Å²) in [5.74, 6) is -0.441. The van der Waals surface area contributed by atoms with Crippen LogP contribution in [0.3, 0.4) is 0 Å². The molecule has 0 saturated carbocycles. The molecule has 0 aliphatic heterocycles. The van der Waals surface area contributed by atoms with Crippen LogP contribution in [0.1, 0.15) is 39.6 Å². The molecule has 0 amide bonds. The zero-order chi connectivity index (χ0) is 24.3. The molecule has 0 fully saturated rings. The molecule has 2 aromatic carbocycles. The molecule has 1 N–H and O–H groups in total. The zero-order valence-corrected chi connectivity index (χ0v) is 22.6. The molecule has 0 aliphatic carbocycles. The van der Waals surface area contributed by atoms with Gasteiger partial charge in [0.05, 0.1) is 24.5 Å². The van der Waals surface area contributed by atoms with E-state index >= 15 is 0 Å². The zero-order valence-electron chi connectivity index (χ0n) is 18.8. The van der Waals surface area contributed by atoms with Crippen molar-refractivity contribution in [2.75, 3.05) is 7.11 Å². The first kappa shape index (κ1) is 25.7. The molecular weight excluding hydrogens is 573 g/mol. The SMILES string of the molecule is COc1cc(C)c(S(=O)(=O)N(Cc2ccc(I)cc2)C(CC(=O)O)c2cccs2)c(C)c1C. The van der Waals surface area contributed by atoms with Gasteiger partial charge in [0.2, 0.25) is 10.0 Å². The van der Waals surface area contributed by atoms with Gasteiger partial charge in [0, 0.05) is 15.0 Å². The van der Waals surface area contributed by atoms with Crippen LogP contribution in [0.15, 0.2) is 52.7 Å². The van der Waals surface area contributed by atoms with Crippen LogP contribution in [0.2, 0.25) is 0 Å². The molecule has 0 aliphatic rings. The molecule has 3 rings (SSSR count). The lowest BCUT2D eigenvalue weighted by Crippen LogP contribution is -2.36. The molecule has 9 heteroatoms. The van der Waals surface area contributed by atoms with Crippen LogP contribution in [0.25, 0.3) is 0 Å². The lowest BCUT2D eigenvalue weighted by atomic mass is 10.1. The van der Waals surface area contributed by atoms with Crippen LogP contribution in [0.5, 0.6) is 5.75 Å². The molecule has 1 unspecified atom stereocenters. The van der Waals surface area contributed by atoms with Crippen LogP contribution < -0.4 is 4.74 Å². The summed E-state index contributed by atoms with van der Waals surface area (Å²) in [5, 5.41) is 11.5. The van der Waals surface area contributed by atoms with E-state index in [2.05, 4.69) is 22.6 Å². The van der Waals surface area contributed by atoms with Gasteiger partial charge in [0.1, 0.15) is 5.75 Å². The summed E-state index contributed by atoms with van der Waals surface area (Å²) in [6.07, 6.45) is -0.336. The van der Waals surface area contributed by atoms with Gasteiger partial charge in [0.15, 0.2) is 0 Å². The fourth-order valence-electron chi connectivity index (χ4n) is 3.87. The first-order chi connectivity index (χ1) is 15.6. The summed E-state index contributed by atoms with van der Waals surface area (Å²) in [6, 6.07) is 12.0. The summed E-state index contributed by atoms with van der Waals surface area (Å²) >= 11 is 3.55. The number of sulfonamides is 1. The van der Waals surface area contributed by atoms with Crippen molar-refractivity contribution < 1.29 is 23.1 Å². The van der Waals surface area contributed by atoms with Gasteiger partial charge in [-0.2, -0.15) is 4.31 Å². The standard InChI is InChI=1S/C24H26INO5S2/c1-15-12-21(31-4)16(2)17(3)24(15)33(29,30)26(14-18-7-9-19(25)10-8-18)20(13-23(27)28)22-6-5-11-32-22/h5-12,20H,13-14H2,1-4H3,(H,27,28). The van der Waals surface area contributed by atoms with Gasteiger partial charge in [-0.3, -0.25) is 4.79 Å². The minimum absolute atomic E-state index is 0.0546. The van der Waals surface area contributed by atoms with Crippen LogP contribution in [0, 0.1) is 24.3 Å². The van der Waals surface area contributed by atoms with Crippen LogP contribution in [-0.2, 0) is 21.4 Å². The van der Waals surface area contributed by atoms with E-state index in [9.17, 15) is 18.3 Å². The summed E-state index contributed by atoms with van der Waals surface area (Å²) < 4.78 is 36.2. The van der Waals surface area contributed by atoms with Gasteiger partial charge in [-0.1, -0.05) is 18.2 Å². The van der Waals surface area contributed by atoms with E-state index in [1.807, 2.05) is 36.6 Å². The third-order valence-corrected chi connectivity index (χ3v) is 9.44. The lowest BCUT2D eigenvalue weighted by Gasteiger charge is -2.31. The Morgan fingerprint density at radius 1 is 1.15 bits per heavy atom. The third-order valence-electron chi connectivity index (χ3n) is 5.60. The van der Waals surface area contributed by atoms with Crippen molar-refractivity contribution in [3.63, 3.8) is 0 Å². The number of rotatable bonds is 9. The van der Waals surface area contributed by atoms with Crippen molar-refractivity contribution in [1.82, 2.24) is 4.31 Å². The highest BCUT2D eigenvalue weighted by atomic mass is 127. The molecule has 1 atom stereocenters. The molecule has 3 aromatic rings. The number of methoxy groups -OCH3 is 1. The minimum Gasteiger partial charge on any atom is -0.496 e. The third kappa shape index (κ3) is 5.59. The molecule has 33 heavy (non-hydrogen) atoms. The number of nitrogens with zero attached hydrogens (tertiary/aromatic N) is 1. The van der Waals surface area contributed by atoms with Gasteiger partial charge < -0.3 is 9.84 Å². The number of benzene rings is 2. The predicted molar refractivity (Wildman–Crippen MR) is 138 cm³/mol. The first-order valence-corrected chi connectivity index (χ1v) is 13.6. The Hall–Kier alpha value is -1.95. The Labute approximate surface area is 212 Å². The molecular formula is C24H26INO5S2. The van der Waals surface area contributed by atoms with Crippen molar-refractivity contribution in [2.24, 2.45) is 0 Å². The molecule has 176 valence electrons. The maximum absolute atomic E-state index is 14.2. The number of thiophene rings is 1. The average molecular weight is 600 g/mol. The van der Waals surface area contributed by atoms with Gasteiger partial charge in [0.25, 0.3) is 0 Å². The summed E-state index contributed by atoms with van der Waals surface area (Å²) in [4.78, 5) is 12.7. The van der Waals surface area contributed by atoms with Crippen molar-refractivity contribution in [2.45, 2.75) is 44.7 Å². The summed E-state index contributed by atoms with van der Waals surface area (Å²) in [6.45, 7) is 5.38. The Morgan fingerprint density at radius 2 is 1.82 bits per heavy atom. The average Bonchev–Trinajstić information content (AvgIpc) is 3.28. The summed E-state index contributed by atoms with van der Waals surface area (Å²) in [5.41, 5.74) is 2.68. The van der Waals surface area contributed by atoms with E-state index < -0.39 is 22.0 Å². The molecule has 0 spiro atoms. The Bertz CT molecular complexity index is 1240. The van der Waals surface area contributed by atoms with Crippen LogP contribution in [-0.4, -0.2) is 30.9 Å². The highest BCUT2D eigenvalue weighted by Crippen LogP contribution is 2.38. The van der Waals surface area contributed by atoms with E-state index in [1.165, 1.54) is 15.6 Å². The number of hydrogen-bond acceptors (Lipinski definition) is 5. The number of hydrogen-bond donors (Lipinski definition) is 1. The molecule has 1 heterocycles. The second-order valence-corrected chi connectivity index (χ2v) is 11.8. The summed E-state index contributed by atoms with van der Waals surface area (Å²) in [7, 11) is -2.52. The van der Waals surface area contributed by atoms with Gasteiger partial charge >= 0.3 is 5.97 Å². The van der Waals surface area contributed by atoms with Gasteiger partial charge in [-0.05, 0) is 95.3 Å². The highest BCUT2D eigenvalue weighted by molar-refractivity contribution is 14.1. The molecule has 0 saturated heterocycles. The molecule has 0 bridgehead atoms. The smallest absolute Gasteiger partial charge is 0.305 e. The Balaban J connectivity index is 2.22. The Morgan fingerprint density at radius 3 is 2.36 bits per heavy atom. The van der Waals surface area contributed by atoms with Crippen LogP contribution in [0.4, 0.5) is 0 Å². The van der Waals surface area contributed by atoms with E-state index in [0.29, 0.717) is 21.8 Å². The van der Waals surface area contributed by atoms with Crippen molar-refractivity contribution in [1.29, 1.82) is 0 Å². The number of aryl methyl sites for hydroxylation is 1. The topological polar surface area (TPSA) is 83.9 Å². The maximum atomic E-state index is 14.2. The normalized spacial score (nSPS) is 12.7. The monoisotopic (exact) mass is 599 g/mol. The van der Waals surface area contributed by atoms with E-state index in [4.69, 9.17) is 4.74 Å². The van der Waals surface area contributed by atoms with E-state index in [1.54, 1.807) is 39.2 Å². The number of carbonyl (C=O) groups is 1. The Kier molecular flexibility index (Phi) is 8.20. The number of halogens is 1. The van der Waals surface area contributed by atoms with Crippen molar-refractivity contribution >= 4 is 49.9 Å². The van der Waals surface area contributed by atoms with Crippen molar-refractivity contribution in [3.05, 3.63) is 78.5 Å². The fraction of sp³-hybridized carbons (Fsp3) is 0.292. The van der Waals surface area contributed by atoms with Gasteiger partial charge in [-0.25, -0.2) is 8.42 Å². The molecule has 0 radical (unpaired) electrons. The predicted octanol–water partition coefficient (Wildman–Crippen LogP) is 5.69. The van der Waals surface area contributed by atoms with E-state index in [0.717, 1.165) is 14.7 Å². The first-order valence-electron chi connectivity index (χ1n) is 10.2. The number of ether oxygens (including phenoxy) is 1. The molecule has 6 nitrogen and oxygen atoms in total. The minimum atomic E-state index is -4.07. The number of aliphatic carboxylic acids is 1. The number of carboxylic acid groups (broad SMARTS) is 1. The fourth-order valence-corrected chi connectivity index (χ4v) is 7.22. The van der Waals surface area contributed by atoms with E-state index in [-0.39, 0.29) is 17.9 Å². The molecule has 1 aromatic heterocycles. The number of carboxylic acids is 1.